The van der Waals surface area contributed by atoms with E-state index in [1.54, 1.807) is 16.8 Å². The number of hydrogen-bond acceptors (Lipinski definition) is 3. The molecule has 4 aromatic rings. The number of nitrogens with one attached hydrogen (secondary N) is 1. The first kappa shape index (κ1) is 15.4. The number of aromatic amines is 1. The maximum absolute atomic E-state index is 11.5. The van der Waals surface area contributed by atoms with E-state index in [2.05, 4.69) is 9.97 Å². The summed E-state index contributed by atoms with van der Waals surface area (Å²) < 4.78 is 1.80. The Kier molecular flexibility index (Phi) is 3.54. The van der Waals surface area contributed by atoms with Crippen LogP contribution in [0.5, 0.6) is 0 Å². The molecule has 3 aromatic heterocycles. The van der Waals surface area contributed by atoms with E-state index in [1.165, 1.54) is 12.3 Å². The number of aromatic nitrogens is 3. The third-order valence-electron chi connectivity index (χ3n) is 4.06. The Morgan fingerprint density at radius 2 is 2.08 bits per heavy atom. The number of pyridine rings is 2. The van der Waals surface area contributed by atoms with E-state index < -0.39 is 5.97 Å². The predicted molar refractivity (Wildman–Crippen MR) is 95.4 cm³/mol. The average Bonchev–Trinajstić information content (AvgIpc) is 2.92. The zero-order valence-electron chi connectivity index (χ0n) is 12.9. The molecule has 0 atom stereocenters. The molecule has 7 heteroatoms. The number of hydrogen-bond donors (Lipinski definition) is 2. The van der Waals surface area contributed by atoms with Gasteiger partial charge in [-0.1, -0.05) is 17.7 Å². The first-order valence-corrected chi connectivity index (χ1v) is 7.89. The van der Waals surface area contributed by atoms with Gasteiger partial charge in [-0.2, -0.15) is 0 Å². The Labute approximate surface area is 146 Å². The molecule has 0 aliphatic heterocycles. The molecule has 0 amide bonds. The second-order valence-corrected chi connectivity index (χ2v) is 6.18. The summed E-state index contributed by atoms with van der Waals surface area (Å²) in [6.07, 6.45) is 3.13. The number of H-pyrrole nitrogens is 1. The van der Waals surface area contributed by atoms with Gasteiger partial charge in [0.05, 0.1) is 21.6 Å². The summed E-state index contributed by atoms with van der Waals surface area (Å²) >= 11 is 6.00. The lowest BCUT2D eigenvalue weighted by Gasteiger charge is -2.07. The average molecular weight is 354 g/mol. The Balaban J connectivity index is 1.83. The van der Waals surface area contributed by atoms with E-state index in [4.69, 9.17) is 11.6 Å². The fraction of sp³-hybridized carbons (Fsp3) is 0.0556. The normalized spacial score (nSPS) is 11.2. The first-order chi connectivity index (χ1) is 12.0. The van der Waals surface area contributed by atoms with Gasteiger partial charge in [-0.25, -0.2) is 4.79 Å². The van der Waals surface area contributed by atoms with Gasteiger partial charge in [0.2, 0.25) is 5.56 Å². The van der Waals surface area contributed by atoms with Gasteiger partial charge in [-0.15, -0.1) is 0 Å². The topological polar surface area (TPSA) is 88.0 Å². The minimum Gasteiger partial charge on any atom is -0.478 e. The summed E-state index contributed by atoms with van der Waals surface area (Å²) in [5.74, 6) is -1.08. The van der Waals surface area contributed by atoms with Crippen molar-refractivity contribution in [1.82, 2.24) is 14.5 Å². The third-order valence-corrected chi connectivity index (χ3v) is 4.26. The SMILES string of the molecule is O=C(O)c1cn(Cc2ccc3ncc(Cl)cc3c2)c2ccc(=O)[nH]c12. The van der Waals surface area contributed by atoms with Gasteiger partial charge in [0.1, 0.15) is 5.56 Å². The summed E-state index contributed by atoms with van der Waals surface area (Å²) in [4.78, 5) is 29.8. The fourth-order valence-electron chi connectivity index (χ4n) is 2.94. The zero-order chi connectivity index (χ0) is 17.6. The molecule has 0 spiro atoms. The van der Waals surface area contributed by atoms with E-state index in [0.29, 0.717) is 22.6 Å². The number of carboxylic acids is 1. The maximum atomic E-state index is 11.5. The van der Waals surface area contributed by atoms with Crippen LogP contribution in [0.25, 0.3) is 21.9 Å². The summed E-state index contributed by atoms with van der Waals surface area (Å²) in [6, 6.07) is 10.6. The van der Waals surface area contributed by atoms with Gasteiger partial charge >= 0.3 is 5.97 Å². The molecule has 0 aliphatic carbocycles. The van der Waals surface area contributed by atoms with E-state index >= 15 is 0 Å². The Bertz CT molecular complexity index is 1190. The van der Waals surface area contributed by atoms with Gasteiger partial charge in [-0.3, -0.25) is 9.78 Å². The highest BCUT2D eigenvalue weighted by Gasteiger charge is 2.15. The van der Waals surface area contributed by atoms with E-state index in [0.717, 1.165) is 16.5 Å². The van der Waals surface area contributed by atoms with Crippen LogP contribution in [0.15, 0.2) is 53.6 Å². The van der Waals surface area contributed by atoms with E-state index in [1.807, 2.05) is 24.3 Å². The van der Waals surface area contributed by atoms with Crippen LogP contribution in [0, 0.1) is 0 Å². The molecular formula is C18H12ClN3O3. The number of benzene rings is 1. The summed E-state index contributed by atoms with van der Waals surface area (Å²) in [6.45, 7) is 0.457. The molecule has 3 heterocycles. The maximum Gasteiger partial charge on any atom is 0.339 e. The largest absolute Gasteiger partial charge is 0.478 e. The van der Waals surface area contributed by atoms with Gasteiger partial charge in [0.15, 0.2) is 0 Å². The van der Waals surface area contributed by atoms with Crippen molar-refractivity contribution in [2.75, 3.05) is 0 Å². The monoisotopic (exact) mass is 353 g/mol. The van der Waals surface area contributed by atoms with Gasteiger partial charge in [0.25, 0.3) is 0 Å². The molecule has 0 unspecified atom stereocenters. The zero-order valence-corrected chi connectivity index (χ0v) is 13.6. The summed E-state index contributed by atoms with van der Waals surface area (Å²) in [5.41, 5.74) is 2.52. The molecule has 0 bridgehead atoms. The molecule has 0 saturated carbocycles. The van der Waals surface area contributed by atoms with E-state index in [9.17, 15) is 14.7 Å². The van der Waals surface area contributed by atoms with Crippen molar-refractivity contribution in [2.45, 2.75) is 6.54 Å². The number of aromatic carboxylic acids is 1. The smallest absolute Gasteiger partial charge is 0.339 e. The van der Waals surface area contributed by atoms with Crippen molar-refractivity contribution < 1.29 is 9.90 Å². The molecule has 2 N–H and O–H groups in total. The molecular weight excluding hydrogens is 342 g/mol. The molecule has 0 saturated heterocycles. The molecule has 6 nitrogen and oxygen atoms in total. The molecule has 0 radical (unpaired) electrons. The summed E-state index contributed by atoms with van der Waals surface area (Å²) in [5, 5.41) is 10.8. The second kappa shape index (κ2) is 5.75. The molecule has 0 aliphatic rings. The lowest BCUT2D eigenvalue weighted by molar-refractivity contribution is 0.0698. The lowest BCUT2D eigenvalue weighted by atomic mass is 10.1. The number of rotatable bonds is 3. The highest BCUT2D eigenvalue weighted by molar-refractivity contribution is 6.31. The number of carboxylic acid groups (broad SMARTS) is 1. The van der Waals surface area contributed by atoms with Crippen LogP contribution >= 0.6 is 11.6 Å². The van der Waals surface area contributed by atoms with Crippen molar-refractivity contribution >= 4 is 39.5 Å². The fourth-order valence-corrected chi connectivity index (χ4v) is 3.11. The van der Waals surface area contributed by atoms with Crippen LogP contribution in [0.1, 0.15) is 15.9 Å². The van der Waals surface area contributed by atoms with Gasteiger partial charge < -0.3 is 14.7 Å². The number of carbonyl (C=O) groups is 1. The minimum atomic E-state index is -1.08. The van der Waals surface area contributed by atoms with E-state index in [-0.39, 0.29) is 11.1 Å². The highest BCUT2D eigenvalue weighted by atomic mass is 35.5. The first-order valence-electron chi connectivity index (χ1n) is 7.51. The quantitative estimate of drug-likeness (QED) is 0.591. The third kappa shape index (κ3) is 2.77. The van der Waals surface area contributed by atoms with Crippen LogP contribution in [0.2, 0.25) is 5.02 Å². The Morgan fingerprint density at radius 1 is 1.24 bits per heavy atom. The Hall–Kier alpha value is -3.12. The van der Waals surface area contributed by atoms with Gasteiger partial charge in [0, 0.05) is 30.4 Å². The van der Waals surface area contributed by atoms with Crippen molar-refractivity contribution in [3.8, 4) is 0 Å². The molecule has 4 rings (SSSR count). The van der Waals surface area contributed by atoms with Crippen LogP contribution in [0.3, 0.4) is 0 Å². The van der Waals surface area contributed by atoms with Crippen molar-refractivity contribution in [2.24, 2.45) is 0 Å². The lowest BCUT2D eigenvalue weighted by Crippen LogP contribution is -2.05. The van der Waals surface area contributed by atoms with Gasteiger partial charge in [-0.05, 0) is 29.8 Å². The standard InChI is InChI=1S/C18H12ClN3O3/c19-12-6-11-5-10(1-2-14(11)20-7-12)8-22-9-13(18(24)25)17-15(22)3-4-16(23)21-17/h1-7,9H,8H2,(H,21,23)(H,24,25). The van der Waals surface area contributed by atoms with Crippen LogP contribution in [0.4, 0.5) is 0 Å². The van der Waals surface area contributed by atoms with Crippen molar-refractivity contribution in [3.63, 3.8) is 0 Å². The van der Waals surface area contributed by atoms with Crippen molar-refractivity contribution in [3.05, 3.63) is 75.3 Å². The number of nitrogens with zero attached hydrogens (tertiary/aromatic N) is 2. The highest BCUT2D eigenvalue weighted by Crippen LogP contribution is 2.22. The molecule has 1 aromatic carbocycles. The Morgan fingerprint density at radius 3 is 2.88 bits per heavy atom. The van der Waals surface area contributed by atoms with Crippen LogP contribution in [-0.4, -0.2) is 25.6 Å². The van der Waals surface area contributed by atoms with Crippen LogP contribution < -0.4 is 5.56 Å². The minimum absolute atomic E-state index is 0.0678. The van der Waals surface area contributed by atoms with Crippen LogP contribution in [-0.2, 0) is 6.54 Å². The number of halogens is 1. The second-order valence-electron chi connectivity index (χ2n) is 5.74. The molecule has 124 valence electrons. The number of fused-ring (bicyclic) bond motifs is 2. The predicted octanol–water partition coefficient (Wildman–Crippen LogP) is 3.28. The molecule has 0 fully saturated rings. The molecule has 25 heavy (non-hydrogen) atoms. The van der Waals surface area contributed by atoms with Crippen molar-refractivity contribution in [1.29, 1.82) is 0 Å². The summed E-state index contributed by atoms with van der Waals surface area (Å²) in [7, 11) is 0.